The van der Waals surface area contributed by atoms with E-state index < -0.39 is 5.97 Å². The van der Waals surface area contributed by atoms with E-state index in [1.165, 1.54) is 16.9 Å². The van der Waals surface area contributed by atoms with Gasteiger partial charge < -0.3 is 15.7 Å². The average Bonchev–Trinajstić information content (AvgIpc) is 2.80. The molecule has 0 aliphatic carbocycles. The van der Waals surface area contributed by atoms with Crippen LogP contribution in [0.4, 0.5) is 5.82 Å². The van der Waals surface area contributed by atoms with Gasteiger partial charge in [-0.2, -0.15) is 5.10 Å². The first-order valence-corrected chi connectivity index (χ1v) is 6.33. The van der Waals surface area contributed by atoms with Crippen molar-refractivity contribution in [2.75, 3.05) is 11.9 Å². The summed E-state index contributed by atoms with van der Waals surface area (Å²) in [5.41, 5.74) is 0. The van der Waals surface area contributed by atoms with E-state index >= 15 is 0 Å². The van der Waals surface area contributed by atoms with Crippen LogP contribution in [0.25, 0.3) is 0 Å². The van der Waals surface area contributed by atoms with Crippen LogP contribution < -0.4 is 10.6 Å². The fraction of sp³-hybridized carbons (Fsp3) is 0.500. The smallest absolute Gasteiger partial charge is 0.325 e. The highest BCUT2D eigenvalue weighted by atomic mass is 16.4. The second-order valence-electron chi connectivity index (χ2n) is 4.19. The lowest BCUT2D eigenvalue weighted by atomic mass is 10.3. The first-order chi connectivity index (χ1) is 9.51. The Morgan fingerprint density at radius 3 is 2.65 bits per heavy atom. The second kappa shape index (κ2) is 7.93. The SMILES string of the molecule is CCCNC(=O)CCC(=O)Nc1ccn(CC(=O)O)n1. The highest BCUT2D eigenvalue weighted by molar-refractivity contribution is 5.92. The van der Waals surface area contributed by atoms with Gasteiger partial charge in [-0.25, -0.2) is 0 Å². The Hall–Kier alpha value is -2.38. The molecule has 1 rings (SSSR count). The fourth-order valence-electron chi connectivity index (χ4n) is 1.44. The van der Waals surface area contributed by atoms with E-state index in [0.717, 1.165) is 6.42 Å². The summed E-state index contributed by atoms with van der Waals surface area (Å²) in [5, 5.41) is 17.6. The van der Waals surface area contributed by atoms with Crippen LogP contribution >= 0.6 is 0 Å². The Bertz CT molecular complexity index is 484. The number of nitrogens with zero attached hydrogens (tertiary/aromatic N) is 2. The molecule has 1 aromatic rings. The number of carbonyl (C=O) groups excluding carboxylic acids is 2. The molecule has 0 aliphatic rings. The van der Waals surface area contributed by atoms with Crippen molar-refractivity contribution >= 4 is 23.6 Å². The van der Waals surface area contributed by atoms with E-state index in [2.05, 4.69) is 15.7 Å². The molecule has 0 unspecified atom stereocenters. The Morgan fingerprint density at radius 2 is 2.00 bits per heavy atom. The predicted octanol–water partition coefficient (Wildman–Crippen LogP) is 0.213. The van der Waals surface area contributed by atoms with Crippen LogP contribution in [-0.4, -0.2) is 39.2 Å². The van der Waals surface area contributed by atoms with Gasteiger partial charge in [0.05, 0.1) is 0 Å². The topological polar surface area (TPSA) is 113 Å². The monoisotopic (exact) mass is 282 g/mol. The van der Waals surface area contributed by atoms with Crippen LogP contribution in [0.3, 0.4) is 0 Å². The minimum Gasteiger partial charge on any atom is -0.480 e. The highest BCUT2D eigenvalue weighted by Crippen LogP contribution is 2.03. The molecule has 0 fully saturated rings. The van der Waals surface area contributed by atoms with Crippen molar-refractivity contribution < 1.29 is 19.5 Å². The summed E-state index contributed by atoms with van der Waals surface area (Å²) >= 11 is 0. The molecule has 0 aliphatic heterocycles. The first kappa shape index (κ1) is 15.7. The molecular weight excluding hydrogens is 264 g/mol. The summed E-state index contributed by atoms with van der Waals surface area (Å²) in [6.45, 7) is 2.27. The maximum atomic E-state index is 11.6. The van der Waals surface area contributed by atoms with Crippen LogP contribution in [0, 0.1) is 0 Å². The lowest BCUT2D eigenvalue weighted by Crippen LogP contribution is -2.25. The molecule has 0 radical (unpaired) electrons. The minimum atomic E-state index is -1.02. The number of anilines is 1. The lowest BCUT2D eigenvalue weighted by molar-refractivity contribution is -0.137. The molecule has 0 saturated heterocycles. The summed E-state index contributed by atoms with van der Waals surface area (Å²) in [5.74, 6) is -1.25. The number of aliphatic carboxylic acids is 1. The van der Waals surface area contributed by atoms with E-state index in [-0.39, 0.29) is 37.0 Å². The Kier molecular flexibility index (Phi) is 6.21. The van der Waals surface area contributed by atoms with E-state index in [4.69, 9.17) is 5.11 Å². The third-order valence-corrected chi connectivity index (χ3v) is 2.36. The van der Waals surface area contributed by atoms with Crippen molar-refractivity contribution in [2.24, 2.45) is 0 Å². The summed E-state index contributed by atoms with van der Waals surface area (Å²) < 4.78 is 1.20. The largest absolute Gasteiger partial charge is 0.480 e. The number of carboxylic acid groups (broad SMARTS) is 1. The van der Waals surface area contributed by atoms with Crippen LogP contribution in [0.5, 0.6) is 0 Å². The third-order valence-electron chi connectivity index (χ3n) is 2.36. The lowest BCUT2D eigenvalue weighted by Gasteiger charge is -2.03. The fourth-order valence-corrected chi connectivity index (χ4v) is 1.44. The number of carboxylic acids is 1. The summed E-state index contributed by atoms with van der Waals surface area (Å²) in [6, 6.07) is 1.50. The van der Waals surface area contributed by atoms with E-state index in [1.54, 1.807) is 0 Å². The Labute approximate surface area is 116 Å². The van der Waals surface area contributed by atoms with E-state index in [1.807, 2.05) is 6.92 Å². The molecule has 0 saturated carbocycles. The van der Waals surface area contributed by atoms with Crippen molar-refractivity contribution in [1.29, 1.82) is 0 Å². The number of rotatable bonds is 8. The number of nitrogens with one attached hydrogen (secondary N) is 2. The maximum absolute atomic E-state index is 11.6. The average molecular weight is 282 g/mol. The molecule has 0 atom stereocenters. The second-order valence-corrected chi connectivity index (χ2v) is 4.19. The summed E-state index contributed by atoms with van der Waals surface area (Å²) in [4.78, 5) is 33.3. The number of amides is 2. The zero-order valence-corrected chi connectivity index (χ0v) is 11.3. The Morgan fingerprint density at radius 1 is 1.30 bits per heavy atom. The van der Waals surface area contributed by atoms with Crippen LogP contribution in [0.15, 0.2) is 12.3 Å². The molecule has 0 bridgehead atoms. The van der Waals surface area contributed by atoms with Gasteiger partial charge in [-0.3, -0.25) is 19.1 Å². The van der Waals surface area contributed by atoms with Crippen molar-refractivity contribution in [3.8, 4) is 0 Å². The molecule has 1 heterocycles. The molecular formula is C12H18N4O4. The molecule has 8 heteroatoms. The first-order valence-electron chi connectivity index (χ1n) is 6.33. The van der Waals surface area contributed by atoms with Gasteiger partial charge >= 0.3 is 5.97 Å². The van der Waals surface area contributed by atoms with E-state index in [9.17, 15) is 14.4 Å². The molecule has 0 spiro atoms. The highest BCUT2D eigenvalue weighted by Gasteiger charge is 2.09. The Balaban J connectivity index is 2.33. The van der Waals surface area contributed by atoms with Gasteiger partial charge in [0, 0.05) is 31.6 Å². The zero-order valence-electron chi connectivity index (χ0n) is 11.3. The molecule has 2 amide bonds. The van der Waals surface area contributed by atoms with Crippen LogP contribution in [0.1, 0.15) is 26.2 Å². The molecule has 110 valence electrons. The maximum Gasteiger partial charge on any atom is 0.325 e. The molecule has 20 heavy (non-hydrogen) atoms. The van der Waals surface area contributed by atoms with Gasteiger partial charge in [0.25, 0.3) is 0 Å². The van der Waals surface area contributed by atoms with Gasteiger partial charge in [-0.15, -0.1) is 0 Å². The number of hydrogen-bond donors (Lipinski definition) is 3. The van der Waals surface area contributed by atoms with Crippen molar-refractivity contribution in [1.82, 2.24) is 15.1 Å². The van der Waals surface area contributed by atoms with Gasteiger partial charge in [0.15, 0.2) is 5.82 Å². The van der Waals surface area contributed by atoms with Crippen molar-refractivity contribution in [3.05, 3.63) is 12.3 Å². The van der Waals surface area contributed by atoms with Gasteiger partial charge in [0.1, 0.15) is 6.54 Å². The summed E-state index contributed by atoms with van der Waals surface area (Å²) in [7, 11) is 0. The van der Waals surface area contributed by atoms with E-state index in [0.29, 0.717) is 6.54 Å². The van der Waals surface area contributed by atoms with Crippen molar-refractivity contribution in [2.45, 2.75) is 32.7 Å². The number of aromatic nitrogens is 2. The molecule has 8 nitrogen and oxygen atoms in total. The molecule has 3 N–H and O–H groups in total. The van der Waals surface area contributed by atoms with Crippen LogP contribution in [0.2, 0.25) is 0 Å². The minimum absolute atomic E-state index is 0.0569. The molecule has 0 aromatic carbocycles. The standard InChI is InChI=1S/C12H18N4O4/c1-2-6-13-10(17)3-4-11(18)14-9-5-7-16(15-9)8-12(19)20/h5,7H,2-4,6,8H2,1H3,(H,13,17)(H,19,20)(H,14,15,18). The van der Waals surface area contributed by atoms with Gasteiger partial charge in [-0.05, 0) is 6.42 Å². The van der Waals surface area contributed by atoms with Gasteiger partial charge in [0.2, 0.25) is 11.8 Å². The van der Waals surface area contributed by atoms with Crippen LogP contribution in [-0.2, 0) is 20.9 Å². The quantitative estimate of drug-likeness (QED) is 0.631. The predicted molar refractivity (Wildman–Crippen MR) is 71.0 cm³/mol. The number of hydrogen-bond acceptors (Lipinski definition) is 4. The molecule has 1 aromatic heterocycles. The summed E-state index contributed by atoms with van der Waals surface area (Å²) in [6.07, 6.45) is 2.47. The zero-order chi connectivity index (χ0) is 15.0. The van der Waals surface area contributed by atoms with Gasteiger partial charge in [-0.1, -0.05) is 6.92 Å². The number of carbonyl (C=O) groups is 3. The normalized spacial score (nSPS) is 10.1. The van der Waals surface area contributed by atoms with Crippen molar-refractivity contribution in [3.63, 3.8) is 0 Å². The third kappa shape index (κ3) is 5.98.